The van der Waals surface area contributed by atoms with Crippen LogP contribution in [0.15, 0.2) is 42.5 Å². The number of amides is 1. The smallest absolute Gasteiger partial charge is 0.285 e. The van der Waals surface area contributed by atoms with Crippen molar-refractivity contribution >= 4 is 39.2 Å². The summed E-state index contributed by atoms with van der Waals surface area (Å²) in [6, 6.07) is 12.0. The summed E-state index contributed by atoms with van der Waals surface area (Å²) in [5, 5.41) is 6.36. The molecule has 2 aromatic carbocycles. The molecule has 1 fully saturated rings. The van der Waals surface area contributed by atoms with Crippen LogP contribution in [-0.2, 0) is 10.1 Å². The van der Waals surface area contributed by atoms with Crippen molar-refractivity contribution in [3.05, 3.63) is 69.3 Å². The molecule has 4 rings (SSSR count). The average Bonchev–Trinajstić information content (AvgIpc) is 3.19. The summed E-state index contributed by atoms with van der Waals surface area (Å²) in [6.45, 7) is 9.16. The molecule has 3 aromatic rings. The average molecular weight is 594 g/mol. The van der Waals surface area contributed by atoms with Crippen LogP contribution in [0.1, 0.15) is 73.3 Å². The van der Waals surface area contributed by atoms with E-state index in [4.69, 9.17) is 23.2 Å². The van der Waals surface area contributed by atoms with Crippen LogP contribution in [-0.4, -0.2) is 46.8 Å². The molecule has 1 unspecified atom stereocenters. The molecule has 1 amide bonds. The van der Waals surface area contributed by atoms with Crippen molar-refractivity contribution in [2.24, 2.45) is 5.41 Å². The second kappa shape index (κ2) is 11.6. The maximum atomic E-state index is 13.3. The Bertz CT molecular complexity index is 1460. The minimum Gasteiger partial charge on any atom is -0.285 e. The Morgan fingerprint density at radius 2 is 1.72 bits per heavy atom. The predicted molar refractivity (Wildman–Crippen MR) is 155 cm³/mol. The summed E-state index contributed by atoms with van der Waals surface area (Å²) in [4.78, 5) is 13.3. The van der Waals surface area contributed by atoms with E-state index in [1.807, 2.05) is 32.7 Å². The Kier molecular flexibility index (Phi) is 8.78. The molecule has 1 saturated heterocycles. The monoisotopic (exact) mass is 592 g/mol. The van der Waals surface area contributed by atoms with Gasteiger partial charge in [0.25, 0.3) is 16.0 Å². The lowest BCUT2D eigenvalue weighted by molar-refractivity contribution is 0.0743. The van der Waals surface area contributed by atoms with E-state index in [0.29, 0.717) is 38.1 Å². The fraction of sp³-hybridized carbons (Fsp3) is 0.429. The first-order valence-electron chi connectivity index (χ1n) is 12.9. The largest absolute Gasteiger partial charge is 0.286 e. The Balaban J connectivity index is 1.79. The second-order valence-corrected chi connectivity index (χ2v) is 13.7. The molecule has 0 bridgehead atoms. The van der Waals surface area contributed by atoms with Gasteiger partial charge in [-0.15, -0.1) is 0 Å². The second-order valence-electron chi connectivity index (χ2n) is 11.2. The SMILES string of the molecule is Cc1c(C(=O)NN2CCCCC2)nn(-c2ccc(Cl)cc2Cl)c1-c1ccc(C(CC(C)(C)C)S(=O)(=O)O)cc1. The molecular weight excluding hydrogens is 559 g/mol. The Morgan fingerprint density at radius 1 is 1.08 bits per heavy atom. The molecule has 1 aliphatic rings. The van der Waals surface area contributed by atoms with Crippen molar-refractivity contribution in [1.29, 1.82) is 0 Å². The van der Waals surface area contributed by atoms with Gasteiger partial charge in [0.2, 0.25) is 0 Å². The number of nitrogens with one attached hydrogen (secondary N) is 1. The van der Waals surface area contributed by atoms with E-state index < -0.39 is 15.4 Å². The number of hydrogen-bond acceptors (Lipinski definition) is 5. The van der Waals surface area contributed by atoms with Gasteiger partial charge in [0.1, 0.15) is 5.25 Å². The highest BCUT2D eigenvalue weighted by Crippen LogP contribution is 2.37. The molecule has 39 heavy (non-hydrogen) atoms. The first kappa shape index (κ1) is 29.6. The van der Waals surface area contributed by atoms with Crippen LogP contribution in [0.5, 0.6) is 0 Å². The number of benzene rings is 2. The normalized spacial score (nSPS) is 15.8. The molecule has 0 radical (unpaired) electrons. The molecule has 210 valence electrons. The Hall–Kier alpha value is -2.43. The first-order chi connectivity index (χ1) is 18.2. The van der Waals surface area contributed by atoms with Gasteiger partial charge in [0.05, 0.1) is 16.4 Å². The van der Waals surface area contributed by atoms with Crippen molar-refractivity contribution in [1.82, 2.24) is 20.2 Å². The molecule has 1 atom stereocenters. The number of carbonyl (C=O) groups excluding carboxylic acids is 1. The summed E-state index contributed by atoms with van der Waals surface area (Å²) in [5.41, 5.74) is 5.92. The van der Waals surface area contributed by atoms with E-state index in [1.54, 1.807) is 47.1 Å². The van der Waals surface area contributed by atoms with Gasteiger partial charge in [-0.1, -0.05) is 74.7 Å². The number of rotatable bonds is 7. The molecule has 0 saturated carbocycles. The molecule has 2 N–H and O–H groups in total. The van der Waals surface area contributed by atoms with Gasteiger partial charge >= 0.3 is 0 Å². The number of carbonyl (C=O) groups is 1. The number of halogens is 2. The van der Waals surface area contributed by atoms with Gasteiger partial charge < -0.3 is 0 Å². The zero-order valence-corrected chi connectivity index (χ0v) is 24.9. The number of aromatic nitrogens is 2. The van der Waals surface area contributed by atoms with Crippen molar-refractivity contribution < 1.29 is 17.8 Å². The minimum atomic E-state index is -4.32. The predicted octanol–water partition coefficient (Wildman–Crippen LogP) is 6.65. The van der Waals surface area contributed by atoms with E-state index in [-0.39, 0.29) is 23.4 Å². The fourth-order valence-electron chi connectivity index (χ4n) is 4.89. The van der Waals surface area contributed by atoms with Crippen LogP contribution in [0.25, 0.3) is 16.9 Å². The molecule has 0 spiro atoms. The van der Waals surface area contributed by atoms with Gasteiger partial charge in [-0.2, -0.15) is 13.5 Å². The molecular formula is C28H34Cl2N4O4S. The molecule has 11 heteroatoms. The van der Waals surface area contributed by atoms with Crippen molar-refractivity contribution in [3.8, 4) is 16.9 Å². The summed E-state index contributed by atoms with van der Waals surface area (Å²) in [6.07, 6.45) is 3.43. The Morgan fingerprint density at radius 3 is 2.28 bits per heavy atom. The highest BCUT2D eigenvalue weighted by Gasteiger charge is 2.31. The van der Waals surface area contributed by atoms with Gasteiger partial charge in [0, 0.05) is 29.2 Å². The van der Waals surface area contributed by atoms with E-state index in [2.05, 4.69) is 10.5 Å². The standard InChI is InChI=1S/C28H34Cl2N4O4S/c1-18-25(27(35)32-33-14-6-5-7-15-33)31-34(23-13-12-21(29)16-22(23)30)26(18)20-10-8-19(9-11-20)24(39(36,37)38)17-28(2,3)4/h8-13,16,24H,5-7,14-15,17H2,1-4H3,(H,32,35)(H,36,37,38). The maximum Gasteiger partial charge on any atom is 0.286 e. The van der Waals surface area contributed by atoms with Gasteiger partial charge in [-0.05, 0) is 55.4 Å². The van der Waals surface area contributed by atoms with Crippen LogP contribution in [0.3, 0.4) is 0 Å². The molecule has 0 aliphatic carbocycles. The minimum absolute atomic E-state index is 0.253. The topological polar surface area (TPSA) is 105 Å². The van der Waals surface area contributed by atoms with Crippen molar-refractivity contribution in [2.45, 2.75) is 58.6 Å². The number of hydrazine groups is 1. The van der Waals surface area contributed by atoms with Crippen LogP contribution in [0.4, 0.5) is 0 Å². The van der Waals surface area contributed by atoms with Crippen molar-refractivity contribution in [2.75, 3.05) is 13.1 Å². The highest BCUT2D eigenvalue weighted by molar-refractivity contribution is 7.86. The third-order valence-electron chi connectivity index (χ3n) is 6.80. The van der Waals surface area contributed by atoms with Gasteiger partial charge in [-0.25, -0.2) is 9.69 Å². The molecule has 1 aromatic heterocycles. The molecule has 2 heterocycles. The molecule has 8 nitrogen and oxygen atoms in total. The van der Waals surface area contributed by atoms with Crippen LogP contribution >= 0.6 is 23.2 Å². The van der Waals surface area contributed by atoms with Crippen LogP contribution < -0.4 is 5.43 Å². The third-order valence-corrected chi connectivity index (χ3v) is 8.50. The number of piperidine rings is 1. The van der Waals surface area contributed by atoms with Crippen LogP contribution in [0, 0.1) is 12.3 Å². The Labute approximate surface area is 240 Å². The zero-order chi connectivity index (χ0) is 28.5. The fourth-order valence-corrected chi connectivity index (χ4v) is 6.59. The van der Waals surface area contributed by atoms with Gasteiger partial charge in [0.15, 0.2) is 5.69 Å². The third kappa shape index (κ3) is 7.02. The lowest BCUT2D eigenvalue weighted by Crippen LogP contribution is -2.45. The first-order valence-corrected chi connectivity index (χ1v) is 15.2. The van der Waals surface area contributed by atoms with Gasteiger partial charge in [-0.3, -0.25) is 14.8 Å². The number of nitrogens with zero attached hydrogens (tertiary/aromatic N) is 3. The van der Waals surface area contributed by atoms with Crippen LogP contribution in [0.2, 0.25) is 10.0 Å². The summed E-state index contributed by atoms with van der Waals surface area (Å²) < 4.78 is 36.0. The van der Waals surface area contributed by atoms with E-state index in [1.165, 1.54) is 0 Å². The van der Waals surface area contributed by atoms with E-state index in [0.717, 1.165) is 32.4 Å². The number of hydrogen-bond donors (Lipinski definition) is 2. The highest BCUT2D eigenvalue weighted by atomic mass is 35.5. The van der Waals surface area contributed by atoms with E-state index in [9.17, 15) is 17.8 Å². The molecule has 1 aliphatic heterocycles. The maximum absolute atomic E-state index is 13.3. The zero-order valence-electron chi connectivity index (χ0n) is 22.5. The summed E-state index contributed by atoms with van der Waals surface area (Å²) in [7, 11) is -4.32. The lowest BCUT2D eigenvalue weighted by atomic mass is 9.88. The quantitative estimate of drug-likeness (QED) is 0.297. The van der Waals surface area contributed by atoms with E-state index >= 15 is 0 Å². The summed E-state index contributed by atoms with van der Waals surface area (Å²) >= 11 is 12.7. The lowest BCUT2D eigenvalue weighted by Gasteiger charge is -2.26. The van der Waals surface area contributed by atoms with Crippen molar-refractivity contribution in [3.63, 3.8) is 0 Å². The summed E-state index contributed by atoms with van der Waals surface area (Å²) in [5.74, 6) is -0.312.